The van der Waals surface area contributed by atoms with E-state index < -0.39 is 10.0 Å². The van der Waals surface area contributed by atoms with Crippen LogP contribution < -0.4 is 10.0 Å². The van der Waals surface area contributed by atoms with Crippen LogP contribution in [-0.2, 0) is 14.8 Å². The van der Waals surface area contributed by atoms with Crippen LogP contribution in [0.25, 0.3) is 0 Å². The van der Waals surface area contributed by atoms with E-state index in [9.17, 15) is 13.2 Å². The number of aliphatic imine (C=N–C) groups is 1. The fourth-order valence-corrected chi connectivity index (χ4v) is 5.16. The molecule has 2 heterocycles. The maximum absolute atomic E-state index is 12.7. The molecule has 0 aromatic heterocycles. The molecule has 0 bridgehead atoms. The zero-order valence-electron chi connectivity index (χ0n) is 17.2. The third-order valence-corrected chi connectivity index (χ3v) is 7.00. The van der Waals surface area contributed by atoms with Crippen LogP contribution in [0.5, 0.6) is 0 Å². The maximum Gasteiger partial charge on any atom is 0.262 e. The van der Waals surface area contributed by atoms with E-state index in [4.69, 9.17) is 0 Å². The van der Waals surface area contributed by atoms with Crippen molar-refractivity contribution < 1.29 is 13.2 Å². The average molecular weight is 421 g/mol. The summed E-state index contributed by atoms with van der Waals surface area (Å²) in [4.78, 5) is 19.2. The lowest BCUT2D eigenvalue weighted by atomic mass is 10.00. The van der Waals surface area contributed by atoms with E-state index in [2.05, 4.69) is 26.9 Å². The van der Waals surface area contributed by atoms with E-state index >= 15 is 0 Å². The Morgan fingerprint density at radius 2 is 2.07 bits per heavy atom. The summed E-state index contributed by atoms with van der Waals surface area (Å²) in [5.41, 5.74) is 0.491. The molecular formula is C21H32N4O3S. The minimum Gasteiger partial charge on any atom is -0.325 e. The predicted octanol–water partition coefficient (Wildman–Crippen LogP) is 3.14. The Morgan fingerprint density at radius 1 is 1.21 bits per heavy atom. The van der Waals surface area contributed by atoms with Gasteiger partial charge in [-0.05, 0) is 56.8 Å². The number of hydrogen-bond donors (Lipinski definition) is 2. The normalized spacial score (nSPS) is 21.1. The third kappa shape index (κ3) is 6.27. The number of benzene rings is 1. The SMILES string of the molecule is CCC1CCCCN1CC(=O)Nc1cccc(S(=O)(=O)NC2=NCCCCC2)c1. The molecule has 3 rings (SSSR count). The highest BCUT2D eigenvalue weighted by molar-refractivity contribution is 7.90. The lowest BCUT2D eigenvalue weighted by Gasteiger charge is -2.34. The first-order chi connectivity index (χ1) is 14.0. The Labute approximate surface area is 174 Å². The molecule has 1 aromatic rings. The minimum absolute atomic E-state index is 0.110. The van der Waals surface area contributed by atoms with E-state index in [1.54, 1.807) is 12.1 Å². The smallest absolute Gasteiger partial charge is 0.262 e. The summed E-state index contributed by atoms with van der Waals surface area (Å²) in [6.45, 7) is 4.08. The van der Waals surface area contributed by atoms with Gasteiger partial charge in [-0.3, -0.25) is 19.4 Å². The second kappa shape index (κ2) is 10.2. The summed E-state index contributed by atoms with van der Waals surface area (Å²) in [6, 6.07) is 6.85. The van der Waals surface area contributed by atoms with Gasteiger partial charge in [-0.2, -0.15) is 0 Å². The maximum atomic E-state index is 12.7. The molecule has 2 N–H and O–H groups in total. The van der Waals surface area contributed by atoms with Gasteiger partial charge in [-0.15, -0.1) is 0 Å². The van der Waals surface area contributed by atoms with Crippen molar-refractivity contribution in [3.8, 4) is 0 Å². The van der Waals surface area contributed by atoms with Crippen molar-refractivity contribution in [2.45, 2.75) is 69.2 Å². The Bertz CT molecular complexity index is 838. The number of sulfonamides is 1. The van der Waals surface area contributed by atoms with Crippen molar-refractivity contribution in [1.82, 2.24) is 9.62 Å². The Morgan fingerprint density at radius 3 is 2.90 bits per heavy atom. The van der Waals surface area contributed by atoms with Gasteiger partial charge in [-0.1, -0.05) is 25.8 Å². The fourth-order valence-electron chi connectivity index (χ4n) is 4.03. The van der Waals surface area contributed by atoms with Crippen LogP contribution in [0.2, 0.25) is 0 Å². The Hall–Kier alpha value is -1.93. The molecule has 1 aromatic carbocycles. The topological polar surface area (TPSA) is 90.9 Å². The van der Waals surface area contributed by atoms with Crippen molar-refractivity contribution in [2.75, 3.05) is 25.0 Å². The summed E-state index contributed by atoms with van der Waals surface area (Å²) in [7, 11) is -3.72. The number of amides is 1. The fraction of sp³-hybridized carbons (Fsp3) is 0.619. The molecular weight excluding hydrogens is 388 g/mol. The number of hydrogen-bond acceptors (Lipinski definition) is 5. The van der Waals surface area contributed by atoms with Gasteiger partial charge in [0.2, 0.25) is 5.91 Å². The molecule has 160 valence electrons. The second-order valence-electron chi connectivity index (χ2n) is 7.85. The third-order valence-electron chi connectivity index (χ3n) is 5.62. The van der Waals surface area contributed by atoms with Crippen LogP contribution in [0.4, 0.5) is 5.69 Å². The molecule has 2 aliphatic heterocycles. The molecule has 29 heavy (non-hydrogen) atoms. The Balaban J connectivity index is 1.64. The van der Waals surface area contributed by atoms with Crippen molar-refractivity contribution in [3.05, 3.63) is 24.3 Å². The average Bonchev–Trinajstić information content (AvgIpc) is 2.96. The standard InChI is InChI=1S/C21H32N4O3S/c1-2-18-10-5-7-14-25(18)16-21(26)23-17-9-8-11-19(15-17)29(27,28)24-20-12-4-3-6-13-22-20/h8-9,11,15,18H,2-7,10,12-14,16H2,1H3,(H,22,24)(H,23,26). The van der Waals surface area contributed by atoms with E-state index in [1.165, 1.54) is 18.6 Å². The first kappa shape index (κ1) is 21.8. The van der Waals surface area contributed by atoms with Crippen LogP contribution in [0, 0.1) is 0 Å². The molecule has 7 nitrogen and oxygen atoms in total. The van der Waals surface area contributed by atoms with Gasteiger partial charge >= 0.3 is 0 Å². The van der Waals surface area contributed by atoms with Gasteiger partial charge in [0.1, 0.15) is 5.84 Å². The molecule has 1 atom stereocenters. The molecule has 1 unspecified atom stereocenters. The van der Waals surface area contributed by atoms with Gasteiger partial charge in [0, 0.05) is 24.7 Å². The number of rotatable bonds is 6. The number of amidine groups is 1. The number of anilines is 1. The number of carbonyl (C=O) groups excluding carboxylic acids is 1. The summed E-state index contributed by atoms with van der Waals surface area (Å²) in [5.74, 6) is 0.411. The number of piperidine rings is 1. The predicted molar refractivity (Wildman–Crippen MR) is 116 cm³/mol. The van der Waals surface area contributed by atoms with Crippen LogP contribution in [0.15, 0.2) is 34.2 Å². The molecule has 0 saturated carbocycles. The number of nitrogens with one attached hydrogen (secondary N) is 2. The zero-order valence-corrected chi connectivity index (χ0v) is 18.0. The number of nitrogens with zero attached hydrogens (tertiary/aromatic N) is 2. The van der Waals surface area contributed by atoms with Crippen molar-refractivity contribution in [1.29, 1.82) is 0 Å². The number of likely N-dealkylation sites (tertiary alicyclic amines) is 1. The molecule has 0 spiro atoms. The van der Waals surface area contributed by atoms with Gasteiger partial charge in [-0.25, -0.2) is 8.42 Å². The van der Waals surface area contributed by atoms with E-state index in [0.29, 0.717) is 37.1 Å². The molecule has 1 fully saturated rings. The van der Waals surface area contributed by atoms with Crippen molar-refractivity contribution in [2.24, 2.45) is 4.99 Å². The van der Waals surface area contributed by atoms with Gasteiger partial charge < -0.3 is 5.32 Å². The monoisotopic (exact) mass is 420 g/mol. The molecule has 2 aliphatic rings. The van der Waals surface area contributed by atoms with E-state index in [-0.39, 0.29) is 10.8 Å². The zero-order chi connectivity index (χ0) is 20.7. The van der Waals surface area contributed by atoms with Crippen molar-refractivity contribution >= 4 is 27.5 Å². The van der Waals surface area contributed by atoms with Gasteiger partial charge in [0.15, 0.2) is 0 Å². The lowest BCUT2D eigenvalue weighted by molar-refractivity contribution is -0.118. The van der Waals surface area contributed by atoms with Crippen LogP contribution in [-0.4, -0.2) is 50.7 Å². The molecule has 0 aliphatic carbocycles. The van der Waals surface area contributed by atoms with Crippen molar-refractivity contribution in [3.63, 3.8) is 0 Å². The van der Waals surface area contributed by atoms with Crippen LogP contribution in [0.1, 0.15) is 58.3 Å². The molecule has 1 amide bonds. The van der Waals surface area contributed by atoms with E-state index in [1.807, 2.05) is 0 Å². The summed E-state index contributed by atoms with van der Waals surface area (Å²) in [5, 5.41) is 2.86. The van der Waals surface area contributed by atoms with Crippen LogP contribution in [0.3, 0.4) is 0 Å². The highest BCUT2D eigenvalue weighted by atomic mass is 32.2. The van der Waals surface area contributed by atoms with Gasteiger partial charge in [0.05, 0.1) is 11.4 Å². The first-order valence-electron chi connectivity index (χ1n) is 10.7. The minimum atomic E-state index is -3.72. The summed E-state index contributed by atoms with van der Waals surface area (Å²) < 4.78 is 28.1. The Kier molecular flexibility index (Phi) is 7.66. The highest BCUT2D eigenvalue weighted by Gasteiger charge is 2.23. The lowest BCUT2D eigenvalue weighted by Crippen LogP contribution is -2.43. The number of carbonyl (C=O) groups is 1. The quantitative estimate of drug-likeness (QED) is 0.740. The molecule has 1 saturated heterocycles. The van der Waals surface area contributed by atoms with Crippen LogP contribution >= 0.6 is 0 Å². The molecule has 8 heteroatoms. The second-order valence-corrected chi connectivity index (χ2v) is 9.53. The molecule has 0 radical (unpaired) electrons. The van der Waals surface area contributed by atoms with Gasteiger partial charge in [0.25, 0.3) is 10.0 Å². The largest absolute Gasteiger partial charge is 0.325 e. The van der Waals surface area contributed by atoms with E-state index in [0.717, 1.165) is 45.1 Å². The summed E-state index contributed by atoms with van der Waals surface area (Å²) in [6.07, 6.45) is 8.14. The first-order valence-corrected chi connectivity index (χ1v) is 12.2. The summed E-state index contributed by atoms with van der Waals surface area (Å²) >= 11 is 0. The highest BCUT2D eigenvalue weighted by Crippen LogP contribution is 2.20.